The first-order chi connectivity index (χ1) is 7.20. The zero-order valence-corrected chi connectivity index (χ0v) is 9.55. The maximum absolute atomic E-state index is 8.82. The highest BCUT2D eigenvalue weighted by molar-refractivity contribution is 6.30. The third kappa shape index (κ3) is 2.27. The Kier molecular flexibility index (Phi) is 3.17. The molecule has 82 valence electrons. The molecule has 1 aliphatic rings. The van der Waals surface area contributed by atoms with Crippen LogP contribution in [0.4, 0.5) is 0 Å². The molecule has 1 atom stereocenters. The van der Waals surface area contributed by atoms with E-state index >= 15 is 0 Å². The summed E-state index contributed by atoms with van der Waals surface area (Å²) in [7, 11) is 0. The Hall–Kier alpha value is -0.730. The first-order valence-electron chi connectivity index (χ1n) is 5.29. The minimum atomic E-state index is 0.205. The van der Waals surface area contributed by atoms with Gasteiger partial charge in [-0.1, -0.05) is 11.6 Å². The van der Waals surface area contributed by atoms with Gasteiger partial charge in [-0.25, -0.2) is 0 Å². The summed E-state index contributed by atoms with van der Waals surface area (Å²) in [5, 5.41) is 9.59. The van der Waals surface area contributed by atoms with Crippen molar-refractivity contribution < 1.29 is 9.84 Å². The highest BCUT2D eigenvalue weighted by atomic mass is 35.5. The van der Waals surface area contributed by atoms with Gasteiger partial charge >= 0.3 is 0 Å². The normalized spacial score (nSPS) is 18.7. The molecule has 0 spiro atoms. The van der Waals surface area contributed by atoms with Crippen LogP contribution in [0.2, 0.25) is 5.02 Å². The van der Waals surface area contributed by atoms with E-state index in [1.807, 2.05) is 12.1 Å². The number of fused-ring (bicyclic) bond motifs is 1. The molecule has 2 rings (SSSR count). The van der Waals surface area contributed by atoms with Crippen molar-refractivity contribution in [2.24, 2.45) is 0 Å². The smallest absolute Gasteiger partial charge is 0.126 e. The average molecular weight is 227 g/mol. The van der Waals surface area contributed by atoms with Gasteiger partial charge in [-0.3, -0.25) is 0 Å². The molecule has 0 radical (unpaired) electrons. The quantitative estimate of drug-likeness (QED) is 0.859. The molecule has 1 aromatic rings. The van der Waals surface area contributed by atoms with Crippen LogP contribution in [0.3, 0.4) is 0 Å². The van der Waals surface area contributed by atoms with E-state index < -0.39 is 0 Å². The number of aliphatic hydroxyl groups is 1. The lowest BCUT2D eigenvalue weighted by atomic mass is 10.0. The molecule has 3 heteroatoms. The standard InChI is InChI=1S/C12H15ClO2/c1-8-5-10-7-11(13)6-9(3-2-4-14)12(10)15-8/h6-8,14H,2-5H2,1H3. The van der Waals surface area contributed by atoms with Crippen molar-refractivity contribution >= 4 is 11.6 Å². The van der Waals surface area contributed by atoms with Crippen LogP contribution < -0.4 is 4.74 Å². The Balaban J connectivity index is 2.30. The van der Waals surface area contributed by atoms with Crippen molar-refractivity contribution in [2.75, 3.05) is 6.61 Å². The number of ether oxygens (including phenoxy) is 1. The molecular weight excluding hydrogens is 212 g/mol. The first-order valence-corrected chi connectivity index (χ1v) is 5.67. The minimum Gasteiger partial charge on any atom is -0.490 e. The van der Waals surface area contributed by atoms with E-state index in [9.17, 15) is 0 Å². The van der Waals surface area contributed by atoms with Gasteiger partial charge in [0.15, 0.2) is 0 Å². The molecule has 0 fully saturated rings. The Bertz CT molecular complexity index is 363. The molecule has 1 aliphatic heterocycles. The second kappa shape index (κ2) is 4.42. The van der Waals surface area contributed by atoms with Crippen LogP contribution in [0.25, 0.3) is 0 Å². The molecule has 1 unspecified atom stereocenters. The average Bonchev–Trinajstić information content (AvgIpc) is 2.54. The SMILES string of the molecule is CC1Cc2cc(Cl)cc(CCCO)c2O1. The van der Waals surface area contributed by atoms with Gasteiger partial charge in [-0.2, -0.15) is 0 Å². The van der Waals surface area contributed by atoms with E-state index in [2.05, 4.69) is 6.92 Å². The maximum Gasteiger partial charge on any atom is 0.126 e. The van der Waals surface area contributed by atoms with E-state index in [0.717, 1.165) is 35.6 Å². The molecule has 1 N–H and O–H groups in total. The second-order valence-electron chi connectivity index (χ2n) is 4.01. The van der Waals surface area contributed by atoms with Crippen LogP contribution in [0, 0.1) is 0 Å². The van der Waals surface area contributed by atoms with Crippen LogP contribution in [-0.4, -0.2) is 17.8 Å². The summed E-state index contributed by atoms with van der Waals surface area (Å²) < 4.78 is 5.75. The fraction of sp³-hybridized carbons (Fsp3) is 0.500. The Morgan fingerprint density at radius 2 is 2.33 bits per heavy atom. The molecule has 1 heterocycles. The molecule has 2 nitrogen and oxygen atoms in total. The summed E-state index contributed by atoms with van der Waals surface area (Å²) in [4.78, 5) is 0. The number of aliphatic hydroxyl groups excluding tert-OH is 1. The predicted molar refractivity (Wildman–Crippen MR) is 60.7 cm³/mol. The molecule has 0 saturated heterocycles. The van der Waals surface area contributed by atoms with Gasteiger partial charge in [0.2, 0.25) is 0 Å². The van der Waals surface area contributed by atoms with E-state index in [-0.39, 0.29) is 12.7 Å². The lowest BCUT2D eigenvalue weighted by molar-refractivity contribution is 0.251. The molecule has 0 bridgehead atoms. The van der Waals surface area contributed by atoms with E-state index in [1.54, 1.807) is 0 Å². The van der Waals surface area contributed by atoms with Crippen LogP contribution in [0.1, 0.15) is 24.5 Å². The molecule has 0 amide bonds. The molecule has 1 aromatic carbocycles. The number of rotatable bonds is 3. The third-order valence-electron chi connectivity index (χ3n) is 2.64. The monoisotopic (exact) mass is 226 g/mol. The van der Waals surface area contributed by atoms with Crippen molar-refractivity contribution in [1.82, 2.24) is 0 Å². The fourth-order valence-corrected chi connectivity index (χ4v) is 2.29. The van der Waals surface area contributed by atoms with Crippen LogP contribution in [-0.2, 0) is 12.8 Å². The van der Waals surface area contributed by atoms with Crippen LogP contribution in [0.15, 0.2) is 12.1 Å². The minimum absolute atomic E-state index is 0.205. The van der Waals surface area contributed by atoms with E-state index in [4.69, 9.17) is 21.4 Å². The Morgan fingerprint density at radius 3 is 3.07 bits per heavy atom. The summed E-state index contributed by atoms with van der Waals surface area (Å²) in [6.07, 6.45) is 2.75. The number of benzene rings is 1. The maximum atomic E-state index is 8.82. The van der Waals surface area contributed by atoms with E-state index in [0.29, 0.717) is 0 Å². The summed E-state index contributed by atoms with van der Waals surface area (Å²) in [6, 6.07) is 3.91. The van der Waals surface area contributed by atoms with E-state index in [1.165, 1.54) is 5.56 Å². The number of hydrogen-bond acceptors (Lipinski definition) is 2. The highest BCUT2D eigenvalue weighted by Crippen LogP contribution is 2.35. The number of halogens is 1. The van der Waals surface area contributed by atoms with Crippen molar-refractivity contribution in [3.05, 3.63) is 28.3 Å². The van der Waals surface area contributed by atoms with Crippen LogP contribution in [0.5, 0.6) is 5.75 Å². The predicted octanol–water partition coefficient (Wildman–Crippen LogP) is 2.59. The lowest BCUT2D eigenvalue weighted by Crippen LogP contribution is -2.06. The molecule has 0 saturated carbocycles. The zero-order valence-electron chi connectivity index (χ0n) is 8.79. The van der Waals surface area contributed by atoms with Gasteiger partial charge < -0.3 is 9.84 Å². The first kappa shape index (κ1) is 10.8. The largest absolute Gasteiger partial charge is 0.490 e. The fourth-order valence-electron chi connectivity index (χ4n) is 2.02. The van der Waals surface area contributed by atoms with Gasteiger partial charge in [-0.05, 0) is 43.0 Å². The van der Waals surface area contributed by atoms with Crippen molar-refractivity contribution in [3.63, 3.8) is 0 Å². The van der Waals surface area contributed by atoms with Gasteiger partial charge in [0.1, 0.15) is 11.9 Å². The second-order valence-corrected chi connectivity index (χ2v) is 4.45. The number of aryl methyl sites for hydroxylation is 1. The Morgan fingerprint density at radius 1 is 1.53 bits per heavy atom. The number of hydrogen-bond donors (Lipinski definition) is 1. The van der Waals surface area contributed by atoms with Gasteiger partial charge in [0.25, 0.3) is 0 Å². The van der Waals surface area contributed by atoms with Gasteiger partial charge in [-0.15, -0.1) is 0 Å². The summed E-state index contributed by atoms with van der Waals surface area (Å²) in [5.41, 5.74) is 2.32. The van der Waals surface area contributed by atoms with Crippen LogP contribution >= 0.6 is 11.6 Å². The lowest BCUT2D eigenvalue weighted by Gasteiger charge is -2.09. The van der Waals surface area contributed by atoms with Gasteiger partial charge in [0.05, 0.1) is 0 Å². The summed E-state index contributed by atoms with van der Waals surface area (Å²) in [5.74, 6) is 0.986. The van der Waals surface area contributed by atoms with Gasteiger partial charge in [0, 0.05) is 18.1 Å². The molecule has 0 aromatic heterocycles. The summed E-state index contributed by atoms with van der Waals surface area (Å²) in [6.45, 7) is 2.26. The third-order valence-corrected chi connectivity index (χ3v) is 2.86. The van der Waals surface area contributed by atoms with Crippen molar-refractivity contribution in [3.8, 4) is 5.75 Å². The molecule has 15 heavy (non-hydrogen) atoms. The van der Waals surface area contributed by atoms with Crippen molar-refractivity contribution in [1.29, 1.82) is 0 Å². The molecular formula is C12H15ClO2. The highest BCUT2D eigenvalue weighted by Gasteiger charge is 2.22. The summed E-state index contributed by atoms with van der Waals surface area (Å²) >= 11 is 6.04. The van der Waals surface area contributed by atoms with Crippen molar-refractivity contribution in [2.45, 2.75) is 32.3 Å². The molecule has 0 aliphatic carbocycles. The Labute approximate surface area is 94.8 Å². The topological polar surface area (TPSA) is 29.5 Å². The zero-order chi connectivity index (χ0) is 10.8.